The van der Waals surface area contributed by atoms with Gasteiger partial charge in [-0.2, -0.15) is 21.4 Å². The summed E-state index contributed by atoms with van der Waals surface area (Å²) in [7, 11) is 0. The fourth-order valence-corrected chi connectivity index (χ4v) is 2.93. The van der Waals surface area contributed by atoms with E-state index >= 15 is 0 Å². The van der Waals surface area contributed by atoms with Crippen molar-refractivity contribution >= 4 is 23.2 Å². The molecule has 0 fully saturated rings. The molecule has 0 saturated carbocycles. The van der Waals surface area contributed by atoms with Crippen molar-refractivity contribution in [1.29, 1.82) is 0 Å². The number of aromatic nitrogens is 4. The highest BCUT2D eigenvalue weighted by molar-refractivity contribution is 7.08. The van der Waals surface area contributed by atoms with E-state index in [4.69, 9.17) is 4.52 Å². The van der Waals surface area contributed by atoms with Gasteiger partial charge in [0.1, 0.15) is 6.54 Å². The number of thiophene rings is 1. The van der Waals surface area contributed by atoms with Crippen LogP contribution >= 0.6 is 11.3 Å². The molecule has 0 unspecified atom stereocenters. The SMILES string of the molecule is Cc1cc(C)n(CC(=O)NNC(=O)CCc2nc(-c3ccsc3)no2)n1. The number of hydrogen-bond acceptors (Lipinski definition) is 7. The molecule has 3 aromatic rings. The summed E-state index contributed by atoms with van der Waals surface area (Å²) in [5.41, 5.74) is 7.32. The Hall–Kier alpha value is -3.01. The molecule has 0 atom stereocenters. The molecule has 3 heterocycles. The summed E-state index contributed by atoms with van der Waals surface area (Å²) in [6.07, 6.45) is 0.405. The van der Waals surface area contributed by atoms with Crippen molar-refractivity contribution in [3.05, 3.63) is 40.2 Å². The van der Waals surface area contributed by atoms with Crippen LogP contribution in [0.15, 0.2) is 27.4 Å². The lowest BCUT2D eigenvalue weighted by Gasteiger charge is -2.07. The summed E-state index contributed by atoms with van der Waals surface area (Å²) in [5, 5.41) is 11.9. The molecule has 0 spiro atoms. The predicted octanol–water partition coefficient (Wildman–Crippen LogP) is 1.39. The molecule has 0 aliphatic heterocycles. The van der Waals surface area contributed by atoms with Gasteiger partial charge in [0.25, 0.3) is 5.91 Å². The zero-order chi connectivity index (χ0) is 18.5. The van der Waals surface area contributed by atoms with Gasteiger partial charge in [-0.05, 0) is 31.4 Å². The summed E-state index contributed by atoms with van der Waals surface area (Å²) >= 11 is 1.54. The van der Waals surface area contributed by atoms with Gasteiger partial charge in [0.15, 0.2) is 0 Å². The first-order chi connectivity index (χ1) is 12.5. The van der Waals surface area contributed by atoms with Crippen molar-refractivity contribution in [2.24, 2.45) is 0 Å². The van der Waals surface area contributed by atoms with Gasteiger partial charge < -0.3 is 4.52 Å². The van der Waals surface area contributed by atoms with E-state index in [0.29, 0.717) is 11.7 Å². The van der Waals surface area contributed by atoms with E-state index in [9.17, 15) is 9.59 Å². The Labute approximate surface area is 153 Å². The Bertz CT molecular complexity index is 899. The molecular weight excluding hydrogens is 356 g/mol. The third-order valence-corrected chi connectivity index (χ3v) is 4.23. The van der Waals surface area contributed by atoms with Crippen LogP contribution < -0.4 is 10.9 Å². The molecular formula is C16H18N6O3S. The first-order valence-electron chi connectivity index (χ1n) is 7.95. The number of nitrogens with one attached hydrogen (secondary N) is 2. The maximum Gasteiger partial charge on any atom is 0.260 e. The van der Waals surface area contributed by atoms with Gasteiger partial charge in [-0.25, -0.2) is 0 Å². The van der Waals surface area contributed by atoms with Crippen molar-refractivity contribution in [3.63, 3.8) is 0 Å². The first-order valence-corrected chi connectivity index (χ1v) is 8.89. The first kappa shape index (κ1) is 17.8. The summed E-state index contributed by atoms with van der Waals surface area (Å²) in [5.74, 6) is 0.166. The monoisotopic (exact) mass is 374 g/mol. The molecule has 26 heavy (non-hydrogen) atoms. The summed E-state index contributed by atoms with van der Waals surface area (Å²) < 4.78 is 6.69. The van der Waals surface area contributed by atoms with E-state index in [-0.39, 0.29) is 31.2 Å². The van der Waals surface area contributed by atoms with E-state index in [1.807, 2.05) is 36.7 Å². The average Bonchev–Trinajstić information content (AvgIpc) is 3.32. The summed E-state index contributed by atoms with van der Waals surface area (Å²) in [4.78, 5) is 27.9. The molecule has 2 amide bonds. The second-order valence-corrected chi connectivity index (χ2v) is 6.48. The Morgan fingerprint density at radius 2 is 2.08 bits per heavy atom. The van der Waals surface area contributed by atoms with Gasteiger partial charge >= 0.3 is 0 Å². The Morgan fingerprint density at radius 1 is 1.27 bits per heavy atom. The van der Waals surface area contributed by atoms with Gasteiger partial charge in [-0.15, -0.1) is 0 Å². The standard InChI is InChI=1S/C16H18N6O3S/c1-10-7-11(2)22(20-10)8-14(24)19-18-13(23)3-4-15-17-16(21-25-15)12-5-6-26-9-12/h5-7,9H,3-4,8H2,1-2H3,(H,18,23)(H,19,24). The second-order valence-electron chi connectivity index (χ2n) is 5.70. The number of carbonyl (C=O) groups is 2. The zero-order valence-corrected chi connectivity index (χ0v) is 15.2. The maximum absolute atomic E-state index is 11.9. The summed E-state index contributed by atoms with van der Waals surface area (Å²) in [6.45, 7) is 3.75. The molecule has 0 radical (unpaired) electrons. The highest BCUT2D eigenvalue weighted by atomic mass is 32.1. The molecule has 0 bridgehead atoms. The normalized spacial score (nSPS) is 10.7. The lowest BCUT2D eigenvalue weighted by atomic mass is 10.3. The quantitative estimate of drug-likeness (QED) is 0.630. The van der Waals surface area contributed by atoms with Crippen LogP contribution in [0.3, 0.4) is 0 Å². The van der Waals surface area contributed by atoms with E-state index in [0.717, 1.165) is 17.0 Å². The number of aryl methyl sites for hydroxylation is 3. The van der Waals surface area contributed by atoms with Gasteiger partial charge in [0, 0.05) is 29.5 Å². The number of hydrazine groups is 1. The van der Waals surface area contributed by atoms with Crippen LogP contribution in [0.2, 0.25) is 0 Å². The third-order valence-electron chi connectivity index (χ3n) is 3.55. The lowest BCUT2D eigenvalue weighted by Crippen LogP contribution is -2.43. The minimum absolute atomic E-state index is 0.0353. The predicted molar refractivity (Wildman–Crippen MR) is 93.9 cm³/mol. The molecule has 0 aliphatic rings. The third kappa shape index (κ3) is 4.54. The van der Waals surface area contributed by atoms with Gasteiger partial charge in [0.2, 0.25) is 17.6 Å². The number of hydrogen-bond donors (Lipinski definition) is 2. The maximum atomic E-state index is 11.9. The van der Waals surface area contributed by atoms with Gasteiger partial charge in [-0.1, -0.05) is 5.16 Å². The van der Waals surface area contributed by atoms with Crippen molar-refractivity contribution in [2.45, 2.75) is 33.2 Å². The molecule has 2 N–H and O–H groups in total. The van der Waals surface area contributed by atoms with Crippen molar-refractivity contribution < 1.29 is 14.1 Å². The minimum Gasteiger partial charge on any atom is -0.339 e. The minimum atomic E-state index is -0.359. The zero-order valence-electron chi connectivity index (χ0n) is 14.4. The van der Waals surface area contributed by atoms with Crippen LogP contribution in [-0.4, -0.2) is 31.7 Å². The largest absolute Gasteiger partial charge is 0.339 e. The Morgan fingerprint density at radius 3 is 2.77 bits per heavy atom. The molecule has 9 nitrogen and oxygen atoms in total. The number of nitrogens with zero attached hydrogens (tertiary/aromatic N) is 4. The molecule has 0 saturated heterocycles. The van der Waals surface area contributed by atoms with E-state index < -0.39 is 0 Å². The van der Waals surface area contributed by atoms with E-state index in [2.05, 4.69) is 26.1 Å². The second kappa shape index (κ2) is 7.91. The molecule has 0 aliphatic carbocycles. The molecule has 3 aromatic heterocycles. The number of rotatable bonds is 6. The van der Waals surface area contributed by atoms with Crippen molar-refractivity contribution in [2.75, 3.05) is 0 Å². The lowest BCUT2D eigenvalue weighted by molar-refractivity contribution is -0.129. The van der Waals surface area contributed by atoms with Gasteiger partial charge in [0.05, 0.1) is 5.69 Å². The highest BCUT2D eigenvalue weighted by Gasteiger charge is 2.12. The molecule has 3 rings (SSSR count). The Balaban J connectivity index is 1.41. The van der Waals surface area contributed by atoms with Crippen LogP contribution in [0, 0.1) is 13.8 Å². The molecule has 10 heteroatoms. The van der Waals surface area contributed by atoms with Crippen molar-refractivity contribution in [3.8, 4) is 11.4 Å². The van der Waals surface area contributed by atoms with Crippen LogP contribution in [0.1, 0.15) is 23.7 Å². The number of amides is 2. The van der Waals surface area contributed by atoms with Crippen LogP contribution in [0.25, 0.3) is 11.4 Å². The fraction of sp³-hybridized carbons (Fsp3) is 0.312. The smallest absolute Gasteiger partial charge is 0.260 e. The summed E-state index contributed by atoms with van der Waals surface area (Å²) in [6, 6.07) is 3.77. The molecule has 136 valence electrons. The average molecular weight is 374 g/mol. The van der Waals surface area contributed by atoms with E-state index in [1.54, 1.807) is 16.0 Å². The fourth-order valence-electron chi connectivity index (χ4n) is 2.30. The van der Waals surface area contributed by atoms with Crippen LogP contribution in [-0.2, 0) is 22.6 Å². The number of carbonyl (C=O) groups excluding carboxylic acids is 2. The van der Waals surface area contributed by atoms with Crippen molar-refractivity contribution in [1.82, 2.24) is 30.8 Å². The van der Waals surface area contributed by atoms with Gasteiger partial charge in [-0.3, -0.25) is 25.1 Å². The van der Waals surface area contributed by atoms with Crippen LogP contribution in [0.4, 0.5) is 0 Å². The topological polar surface area (TPSA) is 115 Å². The van der Waals surface area contributed by atoms with Crippen LogP contribution in [0.5, 0.6) is 0 Å². The Kier molecular flexibility index (Phi) is 5.42. The molecule has 0 aromatic carbocycles. The highest BCUT2D eigenvalue weighted by Crippen LogP contribution is 2.18. The van der Waals surface area contributed by atoms with E-state index in [1.165, 1.54) is 0 Å².